The first-order chi connectivity index (χ1) is 8.04. The molecule has 1 aromatic carbocycles. The van der Waals surface area contributed by atoms with E-state index in [0.717, 1.165) is 22.6 Å². The average Bonchev–Trinajstić information content (AvgIpc) is 2.31. The van der Waals surface area contributed by atoms with Crippen molar-refractivity contribution in [1.82, 2.24) is 4.90 Å². The maximum atomic E-state index is 5.48. The number of benzene rings is 1. The predicted molar refractivity (Wildman–Crippen MR) is 67.7 cm³/mol. The lowest BCUT2D eigenvalue weighted by Crippen LogP contribution is -2.22. The van der Waals surface area contributed by atoms with Crippen LogP contribution in [0.25, 0.3) is 0 Å². The molecule has 1 unspecified atom stereocenters. The molecule has 4 nitrogen and oxygen atoms in total. The van der Waals surface area contributed by atoms with Gasteiger partial charge in [-0.3, -0.25) is 4.90 Å². The Morgan fingerprint density at radius 1 is 1.00 bits per heavy atom. The monoisotopic (exact) mass is 239 g/mol. The van der Waals surface area contributed by atoms with Crippen molar-refractivity contribution in [3.63, 3.8) is 0 Å². The smallest absolute Gasteiger partial charge is 0.161 e. The Morgan fingerprint density at radius 2 is 1.53 bits per heavy atom. The molecular formula is C13H21NO3. The van der Waals surface area contributed by atoms with E-state index in [9.17, 15) is 0 Å². The zero-order valence-electron chi connectivity index (χ0n) is 11.4. The van der Waals surface area contributed by atoms with Crippen molar-refractivity contribution in [2.24, 2.45) is 0 Å². The lowest BCUT2D eigenvalue weighted by molar-refractivity contribution is -0.00600. The van der Waals surface area contributed by atoms with Gasteiger partial charge in [-0.05, 0) is 38.7 Å². The van der Waals surface area contributed by atoms with E-state index in [1.165, 1.54) is 0 Å². The molecular weight excluding hydrogens is 218 g/mol. The molecule has 0 aliphatic rings. The van der Waals surface area contributed by atoms with Gasteiger partial charge in [0.2, 0.25) is 0 Å². The second-order valence-corrected chi connectivity index (χ2v) is 4.12. The molecule has 1 rings (SSSR count). The summed E-state index contributed by atoms with van der Waals surface area (Å²) in [7, 11) is 8.92. The molecule has 0 aliphatic carbocycles. The van der Waals surface area contributed by atoms with Crippen molar-refractivity contribution < 1.29 is 14.2 Å². The van der Waals surface area contributed by atoms with Gasteiger partial charge in [0.05, 0.1) is 14.2 Å². The topological polar surface area (TPSA) is 30.9 Å². The van der Waals surface area contributed by atoms with E-state index >= 15 is 0 Å². The minimum Gasteiger partial charge on any atom is -0.493 e. The Labute approximate surface area is 103 Å². The van der Waals surface area contributed by atoms with Crippen LogP contribution < -0.4 is 9.47 Å². The Morgan fingerprint density at radius 3 is 1.94 bits per heavy atom. The van der Waals surface area contributed by atoms with Crippen molar-refractivity contribution in [3.8, 4) is 11.5 Å². The molecule has 0 saturated heterocycles. The molecule has 0 aliphatic heterocycles. The van der Waals surface area contributed by atoms with Gasteiger partial charge in [0.15, 0.2) is 11.5 Å². The van der Waals surface area contributed by atoms with Crippen molar-refractivity contribution in [2.45, 2.75) is 13.2 Å². The van der Waals surface area contributed by atoms with Gasteiger partial charge in [0.1, 0.15) is 6.23 Å². The van der Waals surface area contributed by atoms with Crippen LogP contribution in [0.5, 0.6) is 11.5 Å². The summed E-state index contributed by atoms with van der Waals surface area (Å²) >= 11 is 0. The first-order valence-electron chi connectivity index (χ1n) is 5.46. The van der Waals surface area contributed by atoms with Gasteiger partial charge >= 0.3 is 0 Å². The van der Waals surface area contributed by atoms with Gasteiger partial charge in [-0.1, -0.05) is 0 Å². The molecule has 0 heterocycles. The molecule has 17 heavy (non-hydrogen) atoms. The quantitative estimate of drug-likeness (QED) is 0.737. The number of hydrogen-bond donors (Lipinski definition) is 0. The molecule has 1 atom stereocenters. The van der Waals surface area contributed by atoms with Crippen molar-refractivity contribution >= 4 is 0 Å². The van der Waals surface area contributed by atoms with E-state index in [2.05, 4.69) is 0 Å². The summed E-state index contributed by atoms with van der Waals surface area (Å²) in [4.78, 5) is 2.01. The first kappa shape index (κ1) is 13.8. The standard InChI is InChI=1S/C13H21NO3/c1-9-7-11(15-4)12(16-5)8-10(9)13(17-6)14(2)3/h7-8,13H,1-6H3. The summed E-state index contributed by atoms with van der Waals surface area (Å²) in [5.74, 6) is 1.46. The Hall–Kier alpha value is -1.26. The van der Waals surface area contributed by atoms with Crippen LogP contribution in [0.2, 0.25) is 0 Å². The van der Waals surface area contributed by atoms with E-state index in [0.29, 0.717) is 0 Å². The summed E-state index contributed by atoms with van der Waals surface area (Å²) in [5, 5.41) is 0. The van der Waals surface area contributed by atoms with E-state index < -0.39 is 0 Å². The summed E-state index contributed by atoms with van der Waals surface area (Å²) in [5.41, 5.74) is 2.19. The van der Waals surface area contributed by atoms with E-state index in [-0.39, 0.29) is 6.23 Å². The lowest BCUT2D eigenvalue weighted by atomic mass is 10.1. The number of hydrogen-bond acceptors (Lipinski definition) is 4. The van der Waals surface area contributed by atoms with E-state index in [4.69, 9.17) is 14.2 Å². The fraction of sp³-hybridized carbons (Fsp3) is 0.538. The highest BCUT2D eigenvalue weighted by molar-refractivity contribution is 5.47. The minimum absolute atomic E-state index is 0.0881. The van der Waals surface area contributed by atoms with Gasteiger partial charge in [-0.15, -0.1) is 0 Å². The van der Waals surface area contributed by atoms with Crippen LogP contribution in [-0.4, -0.2) is 40.3 Å². The molecule has 4 heteroatoms. The summed E-state index contributed by atoms with van der Waals surface area (Å²) in [6.45, 7) is 2.03. The van der Waals surface area contributed by atoms with Gasteiger partial charge < -0.3 is 14.2 Å². The number of nitrogens with zero attached hydrogens (tertiary/aromatic N) is 1. The van der Waals surface area contributed by atoms with E-state index in [1.54, 1.807) is 21.3 Å². The minimum atomic E-state index is -0.0881. The largest absolute Gasteiger partial charge is 0.493 e. The number of methoxy groups -OCH3 is 3. The third kappa shape index (κ3) is 2.90. The molecule has 0 fully saturated rings. The second kappa shape index (κ2) is 5.89. The molecule has 0 saturated carbocycles. The van der Waals surface area contributed by atoms with Gasteiger partial charge in [0.25, 0.3) is 0 Å². The maximum Gasteiger partial charge on any atom is 0.161 e. The molecule has 0 aromatic heterocycles. The fourth-order valence-electron chi connectivity index (χ4n) is 1.88. The maximum absolute atomic E-state index is 5.48. The molecule has 0 spiro atoms. The van der Waals surface area contributed by atoms with Crippen LogP contribution in [0.1, 0.15) is 17.4 Å². The first-order valence-corrected chi connectivity index (χ1v) is 5.46. The predicted octanol–water partition coefficient (Wildman–Crippen LogP) is 2.22. The van der Waals surface area contributed by atoms with Crippen molar-refractivity contribution in [2.75, 3.05) is 35.4 Å². The Bertz CT molecular complexity index is 377. The molecule has 0 amide bonds. The van der Waals surface area contributed by atoms with Crippen LogP contribution in [0.4, 0.5) is 0 Å². The molecule has 1 aromatic rings. The SMILES string of the molecule is COc1cc(C)c(C(OC)N(C)C)cc1OC. The molecule has 0 bridgehead atoms. The Balaban J connectivity index is 3.24. The highest BCUT2D eigenvalue weighted by atomic mass is 16.5. The third-order valence-electron chi connectivity index (χ3n) is 2.73. The highest BCUT2D eigenvalue weighted by Crippen LogP contribution is 2.34. The van der Waals surface area contributed by atoms with Gasteiger partial charge in [-0.25, -0.2) is 0 Å². The molecule has 0 N–H and O–H groups in total. The van der Waals surface area contributed by atoms with Crippen LogP contribution in [-0.2, 0) is 4.74 Å². The van der Waals surface area contributed by atoms with Crippen LogP contribution >= 0.6 is 0 Å². The fourth-order valence-corrected chi connectivity index (χ4v) is 1.88. The van der Waals surface area contributed by atoms with Crippen LogP contribution in [0, 0.1) is 6.92 Å². The Kier molecular flexibility index (Phi) is 4.78. The average molecular weight is 239 g/mol. The summed E-state index contributed by atoms with van der Waals surface area (Å²) in [6, 6.07) is 3.92. The van der Waals surface area contributed by atoms with Gasteiger partial charge in [0, 0.05) is 12.7 Å². The molecule has 0 radical (unpaired) electrons. The van der Waals surface area contributed by atoms with Crippen LogP contribution in [0.15, 0.2) is 12.1 Å². The van der Waals surface area contributed by atoms with Crippen LogP contribution in [0.3, 0.4) is 0 Å². The number of aryl methyl sites for hydroxylation is 1. The lowest BCUT2D eigenvalue weighted by Gasteiger charge is -2.25. The van der Waals surface area contributed by atoms with Crippen molar-refractivity contribution in [3.05, 3.63) is 23.3 Å². The number of rotatable bonds is 5. The zero-order valence-corrected chi connectivity index (χ0v) is 11.4. The van der Waals surface area contributed by atoms with Crippen molar-refractivity contribution in [1.29, 1.82) is 0 Å². The normalized spacial score (nSPS) is 12.6. The third-order valence-corrected chi connectivity index (χ3v) is 2.73. The number of ether oxygens (including phenoxy) is 3. The second-order valence-electron chi connectivity index (χ2n) is 4.12. The zero-order chi connectivity index (χ0) is 13.0. The summed E-state index contributed by atoms with van der Waals surface area (Å²) < 4.78 is 16.1. The molecule has 96 valence electrons. The summed E-state index contributed by atoms with van der Waals surface area (Å²) in [6.07, 6.45) is -0.0881. The van der Waals surface area contributed by atoms with E-state index in [1.807, 2.05) is 38.1 Å². The highest BCUT2D eigenvalue weighted by Gasteiger charge is 2.18. The van der Waals surface area contributed by atoms with Gasteiger partial charge in [-0.2, -0.15) is 0 Å².